The van der Waals surface area contributed by atoms with Crippen LogP contribution in [0.5, 0.6) is 0 Å². The molecule has 0 atom stereocenters. The van der Waals surface area contributed by atoms with Gasteiger partial charge in [-0.1, -0.05) is 18.2 Å². The Balaban J connectivity index is 1.69. The van der Waals surface area contributed by atoms with Crippen molar-refractivity contribution in [2.45, 2.75) is 20.8 Å². The van der Waals surface area contributed by atoms with Crippen LogP contribution in [0, 0.1) is 20.8 Å². The zero-order valence-corrected chi connectivity index (χ0v) is 14.5. The Labute approximate surface area is 147 Å². The molecule has 1 amide bonds. The highest BCUT2D eigenvalue weighted by Crippen LogP contribution is 2.18. The van der Waals surface area contributed by atoms with E-state index in [2.05, 4.69) is 46.8 Å². The number of hydrogen-bond donors (Lipinski definition) is 2. The number of aryl methyl sites for hydroxylation is 3. The number of anilines is 3. The SMILES string of the molecule is Cc1cccc(NC(=O)c2ccc(Nc3ccc(C)c(C)c3)nn2)c1. The van der Waals surface area contributed by atoms with Crippen LogP contribution in [0.1, 0.15) is 27.2 Å². The topological polar surface area (TPSA) is 66.9 Å². The molecule has 0 bridgehead atoms. The van der Waals surface area contributed by atoms with Gasteiger partial charge in [0, 0.05) is 11.4 Å². The first kappa shape index (κ1) is 16.6. The second-order valence-corrected chi connectivity index (χ2v) is 6.05. The molecule has 3 rings (SSSR count). The molecule has 0 aliphatic heterocycles. The molecule has 126 valence electrons. The summed E-state index contributed by atoms with van der Waals surface area (Å²) in [6, 6.07) is 17.1. The van der Waals surface area contributed by atoms with E-state index in [4.69, 9.17) is 0 Å². The fourth-order valence-electron chi connectivity index (χ4n) is 2.41. The highest BCUT2D eigenvalue weighted by Gasteiger charge is 2.09. The lowest BCUT2D eigenvalue weighted by atomic mass is 10.1. The van der Waals surface area contributed by atoms with Crippen molar-refractivity contribution in [3.8, 4) is 0 Å². The third-order valence-corrected chi connectivity index (χ3v) is 3.95. The van der Waals surface area contributed by atoms with E-state index in [0.717, 1.165) is 16.9 Å². The minimum absolute atomic E-state index is 0.271. The van der Waals surface area contributed by atoms with Crippen molar-refractivity contribution in [2.24, 2.45) is 0 Å². The lowest BCUT2D eigenvalue weighted by Crippen LogP contribution is -2.14. The molecule has 0 saturated carbocycles. The Hall–Kier alpha value is -3.21. The molecule has 25 heavy (non-hydrogen) atoms. The van der Waals surface area contributed by atoms with Crippen LogP contribution in [-0.4, -0.2) is 16.1 Å². The Morgan fingerprint density at radius 2 is 1.68 bits per heavy atom. The normalized spacial score (nSPS) is 10.4. The lowest BCUT2D eigenvalue weighted by molar-refractivity contribution is 0.102. The van der Waals surface area contributed by atoms with Crippen LogP contribution >= 0.6 is 0 Å². The standard InChI is InChI=1S/C20H20N4O/c1-13-5-4-6-16(11-13)22-20(25)18-9-10-19(24-23-18)21-17-8-7-14(2)15(3)12-17/h4-12H,1-3H3,(H,21,24)(H,22,25). The Bertz CT molecular complexity index is 904. The molecule has 0 fully saturated rings. The number of rotatable bonds is 4. The van der Waals surface area contributed by atoms with Gasteiger partial charge < -0.3 is 10.6 Å². The maximum atomic E-state index is 12.2. The average Bonchev–Trinajstić information content (AvgIpc) is 2.59. The van der Waals surface area contributed by atoms with Crippen LogP contribution in [0.4, 0.5) is 17.2 Å². The summed E-state index contributed by atoms with van der Waals surface area (Å²) in [5.41, 5.74) is 5.47. The Morgan fingerprint density at radius 1 is 0.840 bits per heavy atom. The van der Waals surface area contributed by atoms with Crippen LogP contribution < -0.4 is 10.6 Å². The maximum Gasteiger partial charge on any atom is 0.276 e. The van der Waals surface area contributed by atoms with Gasteiger partial charge in [-0.2, -0.15) is 0 Å². The highest BCUT2D eigenvalue weighted by atomic mass is 16.1. The van der Waals surface area contributed by atoms with Gasteiger partial charge in [-0.25, -0.2) is 0 Å². The first-order chi connectivity index (χ1) is 12.0. The van der Waals surface area contributed by atoms with Gasteiger partial charge in [-0.05, 0) is 73.9 Å². The number of benzene rings is 2. The van der Waals surface area contributed by atoms with Gasteiger partial charge in [0.15, 0.2) is 11.5 Å². The minimum Gasteiger partial charge on any atom is -0.339 e. The van der Waals surface area contributed by atoms with Gasteiger partial charge in [-0.3, -0.25) is 4.79 Å². The van der Waals surface area contributed by atoms with Crippen LogP contribution in [0.25, 0.3) is 0 Å². The van der Waals surface area contributed by atoms with Gasteiger partial charge in [0.25, 0.3) is 5.91 Å². The van der Waals surface area contributed by atoms with Crippen molar-refractivity contribution in [3.05, 3.63) is 77.0 Å². The van der Waals surface area contributed by atoms with Gasteiger partial charge in [0.05, 0.1) is 0 Å². The zero-order valence-electron chi connectivity index (χ0n) is 14.5. The largest absolute Gasteiger partial charge is 0.339 e. The molecule has 5 nitrogen and oxygen atoms in total. The van der Waals surface area contributed by atoms with Crippen LogP contribution in [-0.2, 0) is 0 Å². The maximum absolute atomic E-state index is 12.2. The molecule has 1 heterocycles. The van der Waals surface area contributed by atoms with Gasteiger partial charge >= 0.3 is 0 Å². The van der Waals surface area contributed by atoms with E-state index in [1.807, 2.05) is 37.3 Å². The molecule has 5 heteroatoms. The number of nitrogens with zero attached hydrogens (tertiary/aromatic N) is 2. The number of carbonyl (C=O) groups is 1. The Kier molecular flexibility index (Phi) is 4.75. The van der Waals surface area contributed by atoms with E-state index in [1.165, 1.54) is 11.1 Å². The van der Waals surface area contributed by atoms with Crippen LogP contribution in [0.2, 0.25) is 0 Å². The molecular formula is C20H20N4O. The molecule has 0 saturated heterocycles. The smallest absolute Gasteiger partial charge is 0.276 e. The van der Waals surface area contributed by atoms with Gasteiger partial charge in [0.2, 0.25) is 0 Å². The van der Waals surface area contributed by atoms with Crippen LogP contribution in [0.3, 0.4) is 0 Å². The van der Waals surface area contributed by atoms with Crippen molar-refractivity contribution in [2.75, 3.05) is 10.6 Å². The van der Waals surface area contributed by atoms with Gasteiger partial charge in [-0.15, -0.1) is 10.2 Å². The highest BCUT2D eigenvalue weighted by molar-refractivity contribution is 6.02. The first-order valence-electron chi connectivity index (χ1n) is 8.07. The zero-order chi connectivity index (χ0) is 17.8. The van der Waals surface area contributed by atoms with E-state index in [0.29, 0.717) is 5.82 Å². The fraction of sp³-hybridized carbons (Fsp3) is 0.150. The summed E-state index contributed by atoms with van der Waals surface area (Å²) >= 11 is 0. The molecule has 0 aliphatic carbocycles. The van der Waals surface area contributed by atoms with E-state index in [-0.39, 0.29) is 11.6 Å². The fourth-order valence-corrected chi connectivity index (χ4v) is 2.41. The summed E-state index contributed by atoms with van der Waals surface area (Å²) in [7, 11) is 0. The van der Waals surface area contributed by atoms with Crippen molar-refractivity contribution >= 4 is 23.1 Å². The third kappa shape index (κ3) is 4.20. The van der Waals surface area contributed by atoms with E-state index >= 15 is 0 Å². The summed E-state index contributed by atoms with van der Waals surface area (Å²) in [6.45, 7) is 6.11. The number of hydrogen-bond acceptors (Lipinski definition) is 4. The summed E-state index contributed by atoms with van der Waals surface area (Å²) in [6.07, 6.45) is 0. The summed E-state index contributed by atoms with van der Waals surface area (Å²) < 4.78 is 0. The second kappa shape index (κ2) is 7.13. The summed E-state index contributed by atoms with van der Waals surface area (Å²) in [5.74, 6) is 0.311. The average molecular weight is 332 g/mol. The molecule has 0 radical (unpaired) electrons. The molecule has 0 unspecified atom stereocenters. The Morgan fingerprint density at radius 3 is 2.36 bits per heavy atom. The van der Waals surface area contributed by atoms with Crippen molar-refractivity contribution < 1.29 is 4.79 Å². The monoisotopic (exact) mass is 332 g/mol. The molecular weight excluding hydrogens is 312 g/mol. The lowest BCUT2D eigenvalue weighted by Gasteiger charge is -2.08. The number of carbonyl (C=O) groups excluding carboxylic acids is 1. The second-order valence-electron chi connectivity index (χ2n) is 6.05. The first-order valence-corrected chi connectivity index (χ1v) is 8.07. The van der Waals surface area contributed by atoms with Crippen molar-refractivity contribution in [1.82, 2.24) is 10.2 Å². The molecule has 2 aromatic carbocycles. The molecule has 0 spiro atoms. The molecule has 2 N–H and O–H groups in total. The minimum atomic E-state index is -0.282. The quantitative estimate of drug-likeness (QED) is 0.743. The van der Waals surface area contributed by atoms with Crippen molar-refractivity contribution in [3.63, 3.8) is 0 Å². The van der Waals surface area contributed by atoms with E-state index in [1.54, 1.807) is 12.1 Å². The predicted octanol–water partition coefficient (Wildman–Crippen LogP) is 4.40. The number of aromatic nitrogens is 2. The summed E-state index contributed by atoms with van der Waals surface area (Å²) in [4.78, 5) is 12.2. The van der Waals surface area contributed by atoms with Crippen molar-refractivity contribution in [1.29, 1.82) is 0 Å². The summed E-state index contributed by atoms with van der Waals surface area (Å²) in [5, 5.41) is 14.1. The molecule has 1 aromatic heterocycles. The number of amides is 1. The van der Waals surface area contributed by atoms with E-state index in [9.17, 15) is 4.79 Å². The molecule has 3 aromatic rings. The van der Waals surface area contributed by atoms with Crippen LogP contribution in [0.15, 0.2) is 54.6 Å². The molecule has 0 aliphatic rings. The predicted molar refractivity (Wildman–Crippen MR) is 100 cm³/mol. The van der Waals surface area contributed by atoms with Gasteiger partial charge in [0.1, 0.15) is 0 Å². The third-order valence-electron chi connectivity index (χ3n) is 3.95. The van der Waals surface area contributed by atoms with E-state index < -0.39 is 0 Å². The number of nitrogens with one attached hydrogen (secondary N) is 2.